The second kappa shape index (κ2) is 6.91. The van der Waals surface area contributed by atoms with Gasteiger partial charge in [0, 0.05) is 5.56 Å². The molecule has 1 heterocycles. The molecule has 0 atom stereocenters. The van der Waals surface area contributed by atoms with Crippen molar-refractivity contribution in [3.05, 3.63) is 88.0 Å². The molecule has 0 unspecified atom stereocenters. The van der Waals surface area contributed by atoms with Gasteiger partial charge in [-0.3, -0.25) is 19.6 Å². The Balaban J connectivity index is 1.83. The highest BCUT2D eigenvalue weighted by molar-refractivity contribution is 6.05. The normalized spacial score (nSPS) is 10.4. The van der Waals surface area contributed by atoms with Gasteiger partial charge in [-0.15, -0.1) is 0 Å². The molecule has 0 fully saturated rings. The van der Waals surface area contributed by atoms with Crippen LogP contribution in [0.4, 0.5) is 15.8 Å². The number of halogens is 1. The van der Waals surface area contributed by atoms with E-state index in [0.29, 0.717) is 11.1 Å². The SMILES string of the molecule is O=C(Nc1ccccc1F)c1ccccc1Cn1cc([N+](=O)[O-])cn1. The summed E-state index contributed by atoms with van der Waals surface area (Å²) in [6, 6.07) is 12.6. The summed E-state index contributed by atoms with van der Waals surface area (Å²) in [5.41, 5.74) is 0.892. The first-order valence-electron chi connectivity index (χ1n) is 7.35. The standard InChI is InChI=1S/C17H13FN4O3/c18-15-7-3-4-8-16(15)20-17(23)14-6-2-1-5-12(14)10-21-11-13(9-19-21)22(24)25/h1-9,11H,10H2,(H,20,23). The summed E-state index contributed by atoms with van der Waals surface area (Å²) in [6.07, 6.45) is 2.42. The van der Waals surface area contributed by atoms with E-state index >= 15 is 0 Å². The molecule has 1 amide bonds. The molecule has 1 aromatic heterocycles. The molecule has 7 nitrogen and oxygen atoms in total. The quantitative estimate of drug-likeness (QED) is 0.570. The van der Waals surface area contributed by atoms with Gasteiger partial charge in [0.1, 0.15) is 18.2 Å². The van der Waals surface area contributed by atoms with Crippen molar-refractivity contribution in [1.29, 1.82) is 0 Å². The molecule has 0 spiro atoms. The van der Waals surface area contributed by atoms with Crippen molar-refractivity contribution in [2.75, 3.05) is 5.32 Å². The summed E-state index contributed by atoms with van der Waals surface area (Å²) in [4.78, 5) is 22.7. The number of amides is 1. The summed E-state index contributed by atoms with van der Waals surface area (Å²) in [5.74, 6) is -1.00. The van der Waals surface area contributed by atoms with Crippen LogP contribution in [0.3, 0.4) is 0 Å². The predicted octanol–water partition coefficient (Wildman–Crippen LogP) is 3.23. The van der Waals surface area contributed by atoms with Gasteiger partial charge in [0.2, 0.25) is 0 Å². The first-order valence-corrected chi connectivity index (χ1v) is 7.35. The number of hydrogen-bond donors (Lipinski definition) is 1. The number of para-hydroxylation sites is 1. The van der Waals surface area contributed by atoms with Gasteiger partial charge in [0.05, 0.1) is 17.2 Å². The molecular weight excluding hydrogens is 327 g/mol. The Bertz CT molecular complexity index is 939. The Kier molecular flexibility index (Phi) is 4.51. The molecule has 8 heteroatoms. The van der Waals surface area contributed by atoms with Crippen molar-refractivity contribution >= 4 is 17.3 Å². The van der Waals surface area contributed by atoms with Gasteiger partial charge in [0.15, 0.2) is 0 Å². The van der Waals surface area contributed by atoms with Gasteiger partial charge < -0.3 is 5.32 Å². The molecule has 25 heavy (non-hydrogen) atoms. The third-order valence-corrected chi connectivity index (χ3v) is 3.55. The summed E-state index contributed by atoms with van der Waals surface area (Å²) in [6.45, 7) is 0.175. The fourth-order valence-corrected chi connectivity index (χ4v) is 2.34. The Morgan fingerprint density at radius 1 is 1.20 bits per heavy atom. The van der Waals surface area contributed by atoms with E-state index in [4.69, 9.17) is 0 Å². The Morgan fingerprint density at radius 3 is 2.64 bits per heavy atom. The lowest BCUT2D eigenvalue weighted by molar-refractivity contribution is -0.385. The molecule has 126 valence electrons. The summed E-state index contributed by atoms with van der Waals surface area (Å²) in [7, 11) is 0. The van der Waals surface area contributed by atoms with Gasteiger partial charge in [-0.25, -0.2) is 4.39 Å². The zero-order valence-electron chi connectivity index (χ0n) is 12.9. The second-order valence-electron chi connectivity index (χ2n) is 5.24. The number of nitrogens with one attached hydrogen (secondary N) is 1. The third kappa shape index (κ3) is 3.69. The van der Waals surface area contributed by atoms with Crippen LogP contribution < -0.4 is 5.32 Å². The fraction of sp³-hybridized carbons (Fsp3) is 0.0588. The highest BCUT2D eigenvalue weighted by Crippen LogP contribution is 2.17. The van der Waals surface area contributed by atoms with E-state index in [1.165, 1.54) is 29.1 Å². The molecule has 0 aliphatic carbocycles. The maximum absolute atomic E-state index is 13.7. The summed E-state index contributed by atoms with van der Waals surface area (Å²) < 4.78 is 15.1. The minimum atomic E-state index is -0.541. The molecule has 2 aromatic carbocycles. The fourth-order valence-electron chi connectivity index (χ4n) is 2.34. The van der Waals surface area contributed by atoms with Gasteiger partial charge in [-0.2, -0.15) is 5.10 Å². The van der Waals surface area contributed by atoms with Crippen molar-refractivity contribution in [2.45, 2.75) is 6.54 Å². The van der Waals surface area contributed by atoms with Gasteiger partial charge in [-0.1, -0.05) is 30.3 Å². The molecule has 1 N–H and O–H groups in total. The van der Waals surface area contributed by atoms with Crippen molar-refractivity contribution in [3.63, 3.8) is 0 Å². The number of rotatable bonds is 5. The minimum absolute atomic E-state index is 0.0806. The van der Waals surface area contributed by atoms with Crippen LogP contribution in [-0.2, 0) is 6.54 Å². The third-order valence-electron chi connectivity index (χ3n) is 3.55. The number of anilines is 1. The lowest BCUT2D eigenvalue weighted by Crippen LogP contribution is -2.16. The van der Waals surface area contributed by atoms with Gasteiger partial charge in [0.25, 0.3) is 5.91 Å². The number of hydrogen-bond acceptors (Lipinski definition) is 4. The van der Waals surface area contributed by atoms with Crippen LogP contribution in [0.25, 0.3) is 0 Å². The van der Waals surface area contributed by atoms with E-state index in [9.17, 15) is 19.3 Å². The molecule has 0 radical (unpaired) electrons. The average Bonchev–Trinajstić information content (AvgIpc) is 3.06. The maximum Gasteiger partial charge on any atom is 0.307 e. The van der Waals surface area contributed by atoms with Crippen LogP contribution in [0.15, 0.2) is 60.9 Å². The van der Waals surface area contributed by atoms with Crippen molar-refractivity contribution in [2.24, 2.45) is 0 Å². The molecule has 0 aliphatic rings. The van der Waals surface area contributed by atoms with E-state index in [2.05, 4.69) is 10.4 Å². The highest BCUT2D eigenvalue weighted by atomic mass is 19.1. The van der Waals surface area contributed by atoms with E-state index in [0.717, 1.165) is 6.20 Å². The van der Waals surface area contributed by atoms with Crippen LogP contribution in [-0.4, -0.2) is 20.6 Å². The number of carbonyl (C=O) groups is 1. The van der Waals surface area contributed by atoms with Crippen molar-refractivity contribution < 1.29 is 14.1 Å². The Morgan fingerprint density at radius 2 is 1.92 bits per heavy atom. The van der Waals surface area contributed by atoms with Gasteiger partial charge in [-0.05, 0) is 23.8 Å². The lowest BCUT2D eigenvalue weighted by Gasteiger charge is -2.10. The van der Waals surface area contributed by atoms with E-state index in [1.807, 2.05) is 0 Å². The Labute approximate surface area is 141 Å². The van der Waals surface area contributed by atoms with Crippen LogP contribution >= 0.6 is 0 Å². The zero-order chi connectivity index (χ0) is 17.8. The van der Waals surface area contributed by atoms with Crippen LogP contribution in [0.1, 0.15) is 15.9 Å². The predicted molar refractivity (Wildman–Crippen MR) is 88.8 cm³/mol. The molecule has 0 saturated carbocycles. The first kappa shape index (κ1) is 16.3. The lowest BCUT2D eigenvalue weighted by atomic mass is 10.1. The average molecular weight is 340 g/mol. The zero-order valence-corrected chi connectivity index (χ0v) is 12.9. The summed E-state index contributed by atoms with van der Waals surface area (Å²) in [5, 5.41) is 17.2. The minimum Gasteiger partial charge on any atom is -0.319 e. The summed E-state index contributed by atoms with van der Waals surface area (Å²) >= 11 is 0. The number of benzene rings is 2. The van der Waals surface area contributed by atoms with Crippen LogP contribution in [0, 0.1) is 15.9 Å². The van der Waals surface area contributed by atoms with Crippen molar-refractivity contribution in [1.82, 2.24) is 9.78 Å². The monoisotopic (exact) mass is 340 g/mol. The molecule has 3 aromatic rings. The van der Waals surface area contributed by atoms with Crippen molar-refractivity contribution in [3.8, 4) is 0 Å². The topological polar surface area (TPSA) is 90.1 Å². The molecular formula is C17H13FN4O3. The number of nitro groups is 1. The van der Waals surface area contributed by atoms with E-state index in [1.54, 1.807) is 30.3 Å². The Hall–Kier alpha value is -3.55. The molecule has 0 saturated heterocycles. The van der Waals surface area contributed by atoms with E-state index < -0.39 is 16.6 Å². The van der Waals surface area contributed by atoms with Gasteiger partial charge >= 0.3 is 5.69 Å². The highest BCUT2D eigenvalue weighted by Gasteiger charge is 2.15. The number of nitrogens with zero attached hydrogens (tertiary/aromatic N) is 3. The second-order valence-corrected chi connectivity index (χ2v) is 5.24. The largest absolute Gasteiger partial charge is 0.319 e. The molecule has 3 rings (SSSR count). The van der Waals surface area contributed by atoms with Crippen LogP contribution in [0.5, 0.6) is 0 Å². The maximum atomic E-state index is 13.7. The smallest absolute Gasteiger partial charge is 0.307 e. The van der Waals surface area contributed by atoms with Crippen LogP contribution in [0.2, 0.25) is 0 Å². The number of carbonyl (C=O) groups excluding carboxylic acids is 1. The number of aromatic nitrogens is 2. The molecule has 0 bridgehead atoms. The molecule has 0 aliphatic heterocycles. The first-order chi connectivity index (χ1) is 12.0. The van der Waals surface area contributed by atoms with E-state index in [-0.39, 0.29) is 17.9 Å².